The molecule has 2 heterocycles. The molecular weight excluding hydrogens is 222 g/mol. The highest BCUT2D eigenvalue weighted by atomic mass is 32.1. The molecule has 90 valence electrons. The molecule has 0 spiro atoms. The zero-order valence-electron chi connectivity index (χ0n) is 9.85. The average molecular weight is 241 g/mol. The maximum Gasteiger partial charge on any atom is 0.107 e. The number of thiazole rings is 1. The van der Waals surface area contributed by atoms with Crippen molar-refractivity contribution in [2.45, 2.75) is 26.1 Å². The van der Waals surface area contributed by atoms with Gasteiger partial charge in [-0.05, 0) is 5.92 Å². The Morgan fingerprint density at radius 2 is 2.44 bits per heavy atom. The number of hydrogen-bond acceptors (Lipinski definition) is 5. The summed E-state index contributed by atoms with van der Waals surface area (Å²) < 4.78 is 5.08. The van der Waals surface area contributed by atoms with Gasteiger partial charge in [0.2, 0.25) is 0 Å². The first kappa shape index (κ1) is 12.0. The second-order valence-corrected chi connectivity index (χ2v) is 5.69. The van der Waals surface area contributed by atoms with Crippen LogP contribution in [0, 0.1) is 5.92 Å². The predicted molar refractivity (Wildman–Crippen MR) is 65.2 cm³/mol. The van der Waals surface area contributed by atoms with E-state index in [1.54, 1.807) is 18.4 Å². The van der Waals surface area contributed by atoms with Crippen LogP contribution in [0.25, 0.3) is 0 Å². The summed E-state index contributed by atoms with van der Waals surface area (Å²) in [5.41, 5.74) is 6.00. The standard InChI is InChI=1S/C11H19N3OS/c1-8-4-14(5-10(8)12)6-11-13-3-9(16-11)7-15-2/h3,8,10H,4-7,12H2,1-2H3. The molecule has 2 unspecified atom stereocenters. The predicted octanol–water partition coefficient (Wildman–Crippen LogP) is 1.07. The third-order valence-corrected chi connectivity index (χ3v) is 3.95. The summed E-state index contributed by atoms with van der Waals surface area (Å²) in [5, 5.41) is 1.16. The molecule has 1 fully saturated rings. The Morgan fingerprint density at radius 3 is 3.06 bits per heavy atom. The van der Waals surface area contributed by atoms with E-state index in [1.165, 1.54) is 4.88 Å². The second kappa shape index (κ2) is 5.23. The van der Waals surface area contributed by atoms with E-state index in [4.69, 9.17) is 10.5 Å². The molecule has 0 bridgehead atoms. The minimum absolute atomic E-state index is 0.318. The molecule has 0 amide bonds. The van der Waals surface area contributed by atoms with Gasteiger partial charge in [0.15, 0.2) is 0 Å². The van der Waals surface area contributed by atoms with Crippen LogP contribution in [-0.2, 0) is 17.9 Å². The summed E-state index contributed by atoms with van der Waals surface area (Å²) in [6.07, 6.45) is 1.91. The Balaban J connectivity index is 1.89. The van der Waals surface area contributed by atoms with Crippen LogP contribution in [0.15, 0.2) is 6.20 Å². The van der Waals surface area contributed by atoms with Crippen LogP contribution in [-0.4, -0.2) is 36.1 Å². The molecule has 0 aromatic carbocycles. The molecule has 2 rings (SSSR count). The molecule has 2 atom stereocenters. The highest BCUT2D eigenvalue weighted by Crippen LogP contribution is 2.20. The number of ether oxygens (including phenoxy) is 1. The third kappa shape index (κ3) is 2.79. The zero-order valence-corrected chi connectivity index (χ0v) is 10.7. The van der Waals surface area contributed by atoms with Gasteiger partial charge >= 0.3 is 0 Å². The van der Waals surface area contributed by atoms with Crippen molar-refractivity contribution in [1.29, 1.82) is 0 Å². The molecule has 1 aromatic rings. The average Bonchev–Trinajstić information content (AvgIpc) is 2.77. The van der Waals surface area contributed by atoms with E-state index in [2.05, 4.69) is 16.8 Å². The minimum atomic E-state index is 0.318. The lowest BCUT2D eigenvalue weighted by molar-refractivity contribution is 0.187. The van der Waals surface area contributed by atoms with Gasteiger partial charge in [0, 0.05) is 32.4 Å². The summed E-state index contributed by atoms with van der Waals surface area (Å²) in [5.74, 6) is 0.596. The Labute approximate surface area is 100 Å². The van der Waals surface area contributed by atoms with Gasteiger partial charge in [-0.15, -0.1) is 11.3 Å². The fourth-order valence-corrected chi connectivity index (χ4v) is 2.98. The van der Waals surface area contributed by atoms with Crippen LogP contribution in [0.3, 0.4) is 0 Å². The summed E-state index contributed by atoms with van der Waals surface area (Å²) >= 11 is 1.73. The molecule has 1 aliphatic heterocycles. The van der Waals surface area contributed by atoms with Crippen molar-refractivity contribution in [1.82, 2.24) is 9.88 Å². The van der Waals surface area contributed by atoms with Crippen molar-refractivity contribution >= 4 is 11.3 Å². The molecule has 16 heavy (non-hydrogen) atoms. The molecule has 5 heteroatoms. The highest BCUT2D eigenvalue weighted by molar-refractivity contribution is 7.11. The fraction of sp³-hybridized carbons (Fsp3) is 0.727. The van der Waals surface area contributed by atoms with Crippen molar-refractivity contribution in [3.8, 4) is 0 Å². The monoisotopic (exact) mass is 241 g/mol. The third-order valence-electron chi connectivity index (χ3n) is 2.99. The maximum absolute atomic E-state index is 6.00. The van der Waals surface area contributed by atoms with Crippen LogP contribution in [0.4, 0.5) is 0 Å². The first-order valence-corrected chi connectivity index (χ1v) is 6.41. The largest absolute Gasteiger partial charge is 0.379 e. The van der Waals surface area contributed by atoms with Crippen LogP contribution >= 0.6 is 11.3 Å². The second-order valence-electron chi connectivity index (χ2n) is 4.49. The van der Waals surface area contributed by atoms with Gasteiger partial charge in [0.1, 0.15) is 5.01 Å². The summed E-state index contributed by atoms with van der Waals surface area (Å²) in [4.78, 5) is 7.97. The summed E-state index contributed by atoms with van der Waals surface area (Å²) in [6, 6.07) is 0.318. The number of nitrogens with two attached hydrogens (primary N) is 1. The zero-order chi connectivity index (χ0) is 11.5. The highest BCUT2D eigenvalue weighted by Gasteiger charge is 2.26. The number of methoxy groups -OCH3 is 1. The van der Waals surface area contributed by atoms with Gasteiger partial charge < -0.3 is 10.5 Å². The maximum atomic E-state index is 6.00. The van der Waals surface area contributed by atoms with Gasteiger partial charge in [-0.3, -0.25) is 4.90 Å². The SMILES string of the molecule is COCc1cnc(CN2CC(C)C(N)C2)s1. The van der Waals surface area contributed by atoms with Gasteiger partial charge in [-0.1, -0.05) is 6.92 Å². The Bertz CT molecular complexity index is 332. The summed E-state index contributed by atoms with van der Waals surface area (Å²) in [6.45, 7) is 5.86. The van der Waals surface area contributed by atoms with E-state index in [0.29, 0.717) is 18.6 Å². The lowest BCUT2D eigenvalue weighted by Crippen LogP contribution is -2.28. The van der Waals surface area contributed by atoms with Crippen molar-refractivity contribution in [3.63, 3.8) is 0 Å². The minimum Gasteiger partial charge on any atom is -0.379 e. The number of hydrogen-bond donors (Lipinski definition) is 1. The number of nitrogens with zero attached hydrogens (tertiary/aromatic N) is 2. The Kier molecular flexibility index (Phi) is 3.91. The normalized spacial score (nSPS) is 26.4. The molecule has 1 aliphatic rings. The molecule has 0 aliphatic carbocycles. The first-order chi connectivity index (χ1) is 7.69. The van der Waals surface area contributed by atoms with E-state index < -0.39 is 0 Å². The molecule has 1 aromatic heterocycles. The lowest BCUT2D eigenvalue weighted by Gasteiger charge is -2.12. The molecule has 1 saturated heterocycles. The molecule has 0 radical (unpaired) electrons. The Morgan fingerprint density at radius 1 is 1.62 bits per heavy atom. The van der Waals surface area contributed by atoms with Gasteiger partial charge in [0.05, 0.1) is 18.0 Å². The van der Waals surface area contributed by atoms with Crippen molar-refractivity contribution in [3.05, 3.63) is 16.1 Å². The van der Waals surface area contributed by atoms with E-state index in [-0.39, 0.29) is 0 Å². The smallest absolute Gasteiger partial charge is 0.107 e. The van der Waals surface area contributed by atoms with Crippen LogP contribution in [0.5, 0.6) is 0 Å². The molecule has 4 nitrogen and oxygen atoms in total. The first-order valence-electron chi connectivity index (χ1n) is 5.59. The van der Waals surface area contributed by atoms with Gasteiger partial charge in [0.25, 0.3) is 0 Å². The molecule has 2 N–H and O–H groups in total. The molecule has 0 saturated carbocycles. The summed E-state index contributed by atoms with van der Waals surface area (Å²) in [7, 11) is 1.71. The fourth-order valence-electron chi connectivity index (χ4n) is 2.05. The Hall–Kier alpha value is -0.490. The number of aromatic nitrogens is 1. The number of rotatable bonds is 4. The molecular formula is C11H19N3OS. The van der Waals surface area contributed by atoms with Crippen LogP contribution in [0.1, 0.15) is 16.8 Å². The van der Waals surface area contributed by atoms with Crippen molar-refractivity contribution in [2.24, 2.45) is 11.7 Å². The lowest BCUT2D eigenvalue weighted by atomic mass is 10.1. The topological polar surface area (TPSA) is 51.4 Å². The van der Waals surface area contributed by atoms with Crippen LogP contribution < -0.4 is 5.73 Å². The number of likely N-dealkylation sites (tertiary alicyclic amines) is 1. The van der Waals surface area contributed by atoms with Gasteiger partial charge in [-0.2, -0.15) is 0 Å². The van der Waals surface area contributed by atoms with Crippen molar-refractivity contribution in [2.75, 3.05) is 20.2 Å². The van der Waals surface area contributed by atoms with E-state index in [0.717, 1.165) is 24.6 Å². The van der Waals surface area contributed by atoms with Gasteiger partial charge in [-0.25, -0.2) is 4.98 Å². The van der Waals surface area contributed by atoms with E-state index >= 15 is 0 Å². The van der Waals surface area contributed by atoms with E-state index in [1.807, 2.05) is 6.20 Å². The van der Waals surface area contributed by atoms with Crippen LogP contribution in [0.2, 0.25) is 0 Å². The van der Waals surface area contributed by atoms with E-state index in [9.17, 15) is 0 Å². The quantitative estimate of drug-likeness (QED) is 0.856. The van der Waals surface area contributed by atoms with Crippen molar-refractivity contribution < 1.29 is 4.74 Å².